The second-order valence-electron chi connectivity index (χ2n) is 8.10. The number of aliphatic hydroxyl groups excluding tert-OH is 1. The fourth-order valence-electron chi connectivity index (χ4n) is 4.47. The molecule has 4 heterocycles. The molecule has 5 rings (SSSR count). The third-order valence-corrected chi connectivity index (χ3v) is 6.28. The van der Waals surface area contributed by atoms with E-state index in [0.717, 1.165) is 28.9 Å². The molecule has 1 N–H and O–H groups in total. The molecule has 0 radical (unpaired) electrons. The molecule has 0 saturated carbocycles. The van der Waals surface area contributed by atoms with Gasteiger partial charge in [0.15, 0.2) is 0 Å². The Balaban J connectivity index is 1.69. The molecule has 7 nitrogen and oxygen atoms in total. The Morgan fingerprint density at radius 3 is 2.97 bits per heavy atom. The van der Waals surface area contributed by atoms with Crippen LogP contribution in [-0.4, -0.2) is 52.6 Å². The average Bonchev–Trinajstić information content (AvgIpc) is 2.77. The van der Waals surface area contributed by atoms with Gasteiger partial charge in [0.1, 0.15) is 10.7 Å². The second-order valence-corrected chi connectivity index (χ2v) is 8.49. The van der Waals surface area contributed by atoms with Gasteiger partial charge in [0.05, 0.1) is 36.2 Å². The van der Waals surface area contributed by atoms with E-state index in [4.69, 9.17) is 16.3 Å². The molecule has 2 aliphatic rings. The van der Waals surface area contributed by atoms with Gasteiger partial charge in [-0.05, 0) is 36.1 Å². The van der Waals surface area contributed by atoms with E-state index in [1.807, 2.05) is 19.2 Å². The fourth-order valence-corrected chi connectivity index (χ4v) is 4.59. The van der Waals surface area contributed by atoms with Crippen molar-refractivity contribution in [2.75, 3.05) is 31.7 Å². The number of aliphatic hydroxyl groups is 1. The summed E-state index contributed by atoms with van der Waals surface area (Å²) in [5, 5.41) is 11.4. The van der Waals surface area contributed by atoms with Gasteiger partial charge in [-0.15, -0.1) is 0 Å². The lowest BCUT2D eigenvalue weighted by molar-refractivity contribution is -0.0395. The highest BCUT2D eigenvalue weighted by Crippen LogP contribution is 2.35. The highest BCUT2D eigenvalue weighted by atomic mass is 35.5. The van der Waals surface area contributed by atoms with Gasteiger partial charge >= 0.3 is 0 Å². The van der Waals surface area contributed by atoms with E-state index in [0.29, 0.717) is 35.5 Å². The molecule has 0 bridgehead atoms. The zero-order valence-corrected chi connectivity index (χ0v) is 17.9. The summed E-state index contributed by atoms with van der Waals surface area (Å²) in [6, 6.07) is 5.31. The van der Waals surface area contributed by atoms with Crippen molar-refractivity contribution in [3.05, 3.63) is 69.0 Å². The number of pyridine rings is 1. The summed E-state index contributed by atoms with van der Waals surface area (Å²) in [5.41, 5.74) is 4.59. The largest absolute Gasteiger partial charge is 0.389 e. The molecule has 3 aromatic rings. The number of ether oxygens (including phenoxy) is 1. The van der Waals surface area contributed by atoms with Gasteiger partial charge in [-0.25, -0.2) is 9.97 Å². The number of benzene rings is 1. The first-order valence-corrected chi connectivity index (χ1v) is 10.7. The number of rotatable bonds is 3. The zero-order valence-electron chi connectivity index (χ0n) is 17.2. The topological polar surface area (TPSA) is 80.5 Å². The Labute approximate surface area is 184 Å². The van der Waals surface area contributed by atoms with Gasteiger partial charge < -0.3 is 14.7 Å². The van der Waals surface area contributed by atoms with Crippen LogP contribution in [-0.2, 0) is 11.2 Å². The monoisotopic (exact) mass is 438 g/mol. The zero-order chi connectivity index (χ0) is 21.5. The Kier molecular flexibility index (Phi) is 5.25. The molecule has 2 unspecified atom stereocenters. The number of fused-ring (bicyclic) bond motifs is 3. The lowest BCUT2D eigenvalue weighted by atomic mass is 9.94. The van der Waals surface area contributed by atoms with Crippen LogP contribution in [0.5, 0.6) is 0 Å². The van der Waals surface area contributed by atoms with Gasteiger partial charge in [0.2, 0.25) is 0 Å². The van der Waals surface area contributed by atoms with Crippen molar-refractivity contribution < 1.29 is 9.84 Å². The van der Waals surface area contributed by atoms with E-state index in [-0.39, 0.29) is 18.2 Å². The smallest absolute Gasteiger partial charge is 0.261 e. The maximum atomic E-state index is 13.5. The van der Waals surface area contributed by atoms with E-state index in [9.17, 15) is 9.90 Å². The summed E-state index contributed by atoms with van der Waals surface area (Å²) in [7, 11) is 2.00. The molecule has 2 aliphatic heterocycles. The standard InChI is InChI=1S/C23H23ClN4O3/c1-27-7-2-3-16-15(9-14-4-5-20(24)25-11-14)10-17-21(22(16)27)26-13-28(23(17)30)18-6-8-31-12-19(18)29/h2-5,10-11,13,18-19,29H,6-9,12H2,1H3. The minimum atomic E-state index is -0.728. The van der Waals surface area contributed by atoms with E-state index in [2.05, 4.69) is 27.0 Å². The molecule has 2 atom stereocenters. The molecule has 8 heteroatoms. The minimum Gasteiger partial charge on any atom is -0.389 e. The minimum absolute atomic E-state index is 0.141. The van der Waals surface area contributed by atoms with Crippen LogP contribution in [0.4, 0.5) is 5.69 Å². The normalized spacial score (nSPS) is 20.8. The molecule has 0 aliphatic carbocycles. The van der Waals surface area contributed by atoms with Crippen molar-refractivity contribution >= 4 is 34.3 Å². The molecule has 0 amide bonds. The quantitative estimate of drug-likeness (QED) is 0.633. The lowest BCUT2D eigenvalue weighted by Crippen LogP contribution is -2.39. The van der Waals surface area contributed by atoms with Crippen LogP contribution in [0.15, 0.2) is 41.6 Å². The molecule has 1 fully saturated rings. The van der Waals surface area contributed by atoms with Crippen molar-refractivity contribution in [3.63, 3.8) is 0 Å². The third-order valence-electron chi connectivity index (χ3n) is 6.05. The lowest BCUT2D eigenvalue weighted by Gasteiger charge is -2.30. The number of aromatic nitrogens is 3. The highest BCUT2D eigenvalue weighted by molar-refractivity contribution is 6.29. The molecule has 1 saturated heterocycles. The summed E-state index contributed by atoms with van der Waals surface area (Å²) in [6.07, 6.45) is 8.00. The highest BCUT2D eigenvalue weighted by Gasteiger charge is 2.28. The van der Waals surface area contributed by atoms with Crippen molar-refractivity contribution in [2.45, 2.75) is 25.0 Å². The fraction of sp³-hybridized carbons (Fsp3) is 0.348. The number of likely N-dealkylation sites (N-methyl/N-ethyl adjacent to an activating group) is 1. The molecule has 1 aromatic carbocycles. The maximum Gasteiger partial charge on any atom is 0.261 e. The maximum absolute atomic E-state index is 13.5. The second kappa shape index (κ2) is 8.07. The van der Waals surface area contributed by atoms with Crippen molar-refractivity contribution in [3.8, 4) is 0 Å². The number of anilines is 1. The Bertz CT molecular complexity index is 1220. The summed E-state index contributed by atoms with van der Waals surface area (Å²) < 4.78 is 6.89. The van der Waals surface area contributed by atoms with Gasteiger partial charge in [0.25, 0.3) is 5.56 Å². The average molecular weight is 439 g/mol. The predicted molar refractivity (Wildman–Crippen MR) is 121 cm³/mol. The summed E-state index contributed by atoms with van der Waals surface area (Å²) in [5.74, 6) is 0. The molecule has 160 valence electrons. The van der Waals surface area contributed by atoms with Gasteiger partial charge in [-0.3, -0.25) is 9.36 Å². The first-order valence-electron chi connectivity index (χ1n) is 10.3. The van der Waals surface area contributed by atoms with E-state index in [1.54, 1.807) is 23.2 Å². The Morgan fingerprint density at radius 1 is 1.32 bits per heavy atom. The van der Waals surface area contributed by atoms with E-state index < -0.39 is 6.10 Å². The number of nitrogens with zero attached hydrogens (tertiary/aromatic N) is 4. The van der Waals surface area contributed by atoms with Crippen LogP contribution in [0.1, 0.15) is 29.2 Å². The van der Waals surface area contributed by atoms with Crippen molar-refractivity contribution in [2.24, 2.45) is 0 Å². The van der Waals surface area contributed by atoms with Crippen LogP contribution < -0.4 is 10.5 Å². The van der Waals surface area contributed by atoms with Gasteiger partial charge in [0, 0.05) is 32.0 Å². The van der Waals surface area contributed by atoms with Crippen molar-refractivity contribution in [1.29, 1.82) is 0 Å². The van der Waals surface area contributed by atoms with Gasteiger partial charge in [-0.2, -0.15) is 0 Å². The van der Waals surface area contributed by atoms with E-state index >= 15 is 0 Å². The van der Waals surface area contributed by atoms with Crippen molar-refractivity contribution in [1.82, 2.24) is 14.5 Å². The van der Waals surface area contributed by atoms with Crippen LogP contribution >= 0.6 is 11.6 Å². The van der Waals surface area contributed by atoms with Crippen LogP contribution in [0.25, 0.3) is 17.0 Å². The van der Waals surface area contributed by atoms with Crippen LogP contribution in [0.2, 0.25) is 5.15 Å². The SMILES string of the molecule is CN1CC=Cc2c(Cc3ccc(Cl)nc3)cc3c(=O)n(C4CCOCC4O)cnc3c21. The van der Waals surface area contributed by atoms with Gasteiger partial charge in [-0.1, -0.05) is 29.8 Å². The van der Waals surface area contributed by atoms with Crippen LogP contribution in [0.3, 0.4) is 0 Å². The molecule has 0 spiro atoms. The first kappa shape index (κ1) is 20.2. The molecular weight excluding hydrogens is 416 g/mol. The Morgan fingerprint density at radius 2 is 2.19 bits per heavy atom. The number of hydrogen-bond donors (Lipinski definition) is 1. The third kappa shape index (κ3) is 3.63. The molecule has 2 aromatic heterocycles. The number of hydrogen-bond acceptors (Lipinski definition) is 6. The van der Waals surface area contributed by atoms with E-state index in [1.165, 1.54) is 0 Å². The Hall–Kier alpha value is -2.74. The predicted octanol–water partition coefficient (Wildman–Crippen LogP) is 2.82. The summed E-state index contributed by atoms with van der Waals surface area (Å²) in [4.78, 5) is 24.5. The molecule has 31 heavy (non-hydrogen) atoms. The summed E-state index contributed by atoms with van der Waals surface area (Å²) in [6.45, 7) is 1.48. The molecular formula is C23H23ClN4O3. The van der Waals surface area contributed by atoms with Crippen LogP contribution in [0, 0.1) is 0 Å². The summed E-state index contributed by atoms with van der Waals surface area (Å²) >= 11 is 5.94. The first-order chi connectivity index (χ1) is 15.0. The number of halogens is 1.